The Morgan fingerprint density at radius 2 is 2.19 bits per heavy atom. The molecule has 0 spiro atoms. The number of fused-ring (bicyclic) bond motifs is 1. The molecule has 21 heavy (non-hydrogen) atoms. The zero-order chi connectivity index (χ0) is 15.1. The molecular weight excluding hydrogens is 260 g/mol. The predicted molar refractivity (Wildman–Crippen MR) is 85.0 cm³/mol. The Kier molecular flexibility index (Phi) is 5.78. The molecule has 0 aliphatic heterocycles. The molecule has 2 rings (SSSR count). The summed E-state index contributed by atoms with van der Waals surface area (Å²) in [5.74, 6) is 0. The van der Waals surface area contributed by atoms with Gasteiger partial charge in [0.1, 0.15) is 5.54 Å². The van der Waals surface area contributed by atoms with Gasteiger partial charge in [-0.15, -0.1) is 0 Å². The number of nitriles is 1. The van der Waals surface area contributed by atoms with E-state index in [1.54, 1.807) is 0 Å². The fourth-order valence-electron chi connectivity index (χ4n) is 2.93. The number of rotatable bonds is 7. The van der Waals surface area contributed by atoms with Crippen LogP contribution in [0.15, 0.2) is 24.3 Å². The van der Waals surface area contributed by atoms with E-state index in [4.69, 9.17) is 10.00 Å². The fourth-order valence-corrected chi connectivity index (χ4v) is 2.93. The number of ether oxygens (including phenoxy) is 1. The number of aryl methyl sites for hydroxylation is 1. The van der Waals surface area contributed by atoms with E-state index >= 15 is 0 Å². The van der Waals surface area contributed by atoms with Gasteiger partial charge in [0.05, 0.1) is 12.2 Å². The minimum absolute atomic E-state index is 0.265. The quantitative estimate of drug-likeness (QED) is 0.776. The van der Waals surface area contributed by atoms with E-state index in [1.807, 2.05) is 14.0 Å². The molecule has 1 aromatic carbocycles. The highest BCUT2D eigenvalue weighted by atomic mass is 16.5. The van der Waals surface area contributed by atoms with Gasteiger partial charge in [0.2, 0.25) is 0 Å². The Balaban J connectivity index is 1.74. The van der Waals surface area contributed by atoms with Crippen LogP contribution in [0.2, 0.25) is 0 Å². The van der Waals surface area contributed by atoms with Crippen LogP contribution in [-0.2, 0) is 11.2 Å². The number of hydrogen-bond donors (Lipinski definition) is 1. The van der Waals surface area contributed by atoms with Crippen molar-refractivity contribution >= 4 is 0 Å². The first-order valence-corrected chi connectivity index (χ1v) is 7.98. The van der Waals surface area contributed by atoms with Gasteiger partial charge >= 0.3 is 0 Å². The average molecular weight is 286 g/mol. The van der Waals surface area contributed by atoms with Crippen LogP contribution < -0.4 is 5.32 Å². The minimum atomic E-state index is -0.405. The van der Waals surface area contributed by atoms with Crippen LogP contribution in [0.3, 0.4) is 0 Å². The largest absolute Gasteiger partial charge is 0.374 e. The number of unbranched alkanes of at least 4 members (excludes halogenated alkanes) is 1. The van der Waals surface area contributed by atoms with Gasteiger partial charge in [0.15, 0.2) is 0 Å². The van der Waals surface area contributed by atoms with Gasteiger partial charge < -0.3 is 10.1 Å². The molecule has 0 aromatic heterocycles. The maximum absolute atomic E-state index is 9.11. The van der Waals surface area contributed by atoms with Crippen molar-refractivity contribution in [1.29, 1.82) is 5.26 Å². The monoisotopic (exact) mass is 286 g/mol. The number of hydrogen-bond acceptors (Lipinski definition) is 3. The molecule has 0 amide bonds. The Morgan fingerprint density at radius 3 is 2.95 bits per heavy atom. The molecule has 0 saturated heterocycles. The minimum Gasteiger partial charge on any atom is -0.374 e. The van der Waals surface area contributed by atoms with Crippen LogP contribution in [0.4, 0.5) is 0 Å². The van der Waals surface area contributed by atoms with Crippen molar-refractivity contribution in [1.82, 2.24) is 5.32 Å². The van der Waals surface area contributed by atoms with Crippen LogP contribution in [0.1, 0.15) is 56.3 Å². The summed E-state index contributed by atoms with van der Waals surface area (Å²) in [4.78, 5) is 0. The molecular formula is C18H26N2O. The van der Waals surface area contributed by atoms with Crippen LogP contribution in [0, 0.1) is 11.3 Å². The summed E-state index contributed by atoms with van der Waals surface area (Å²) in [7, 11) is 1.85. The fraction of sp³-hybridized carbons (Fsp3) is 0.611. The smallest absolute Gasteiger partial charge is 0.103 e. The second-order valence-corrected chi connectivity index (χ2v) is 6.10. The normalized spacial score (nSPS) is 20.3. The van der Waals surface area contributed by atoms with Crippen molar-refractivity contribution in [3.05, 3.63) is 35.4 Å². The van der Waals surface area contributed by atoms with Crippen molar-refractivity contribution in [2.24, 2.45) is 0 Å². The summed E-state index contributed by atoms with van der Waals surface area (Å²) < 4.78 is 6.09. The first-order chi connectivity index (χ1) is 10.2. The Bertz CT molecular complexity index is 494. The third-order valence-corrected chi connectivity index (χ3v) is 4.50. The summed E-state index contributed by atoms with van der Waals surface area (Å²) in [6.45, 7) is 2.73. The van der Waals surface area contributed by atoms with Gasteiger partial charge in [-0.3, -0.25) is 0 Å². The maximum atomic E-state index is 9.11. The first kappa shape index (κ1) is 16.0. The van der Waals surface area contributed by atoms with Crippen molar-refractivity contribution < 1.29 is 4.74 Å². The molecule has 0 bridgehead atoms. The molecule has 1 aliphatic rings. The van der Waals surface area contributed by atoms with E-state index in [1.165, 1.54) is 24.0 Å². The lowest BCUT2D eigenvalue weighted by molar-refractivity contribution is 0.0378. The highest BCUT2D eigenvalue weighted by molar-refractivity contribution is 5.31. The topological polar surface area (TPSA) is 45.0 Å². The SMILES string of the molecule is CNC(C)(C#N)CCCCOC1CCCc2ccccc21. The molecule has 1 aliphatic carbocycles. The number of benzene rings is 1. The lowest BCUT2D eigenvalue weighted by Gasteiger charge is -2.26. The Hall–Kier alpha value is -1.37. The second kappa shape index (κ2) is 7.59. The summed E-state index contributed by atoms with van der Waals surface area (Å²) >= 11 is 0. The predicted octanol–water partition coefficient (Wildman–Crippen LogP) is 3.75. The van der Waals surface area contributed by atoms with E-state index in [9.17, 15) is 0 Å². The van der Waals surface area contributed by atoms with Gasteiger partial charge in [-0.2, -0.15) is 5.26 Å². The van der Waals surface area contributed by atoms with Gasteiger partial charge in [-0.25, -0.2) is 0 Å². The maximum Gasteiger partial charge on any atom is 0.103 e. The van der Waals surface area contributed by atoms with E-state index < -0.39 is 5.54 Å². The molecule has 114 valence electrons. The Labute approximate surface area is 128 Å². The summed E-state index contributed by atoms with van der Waals surface area (Å²) in [5.41, 5.74) is 2.42. The molecule has 3 nitrogen and oxygen atoms in total. The number of nitrogens with one attached hydrogen (secondary N) is 1. The zero-order valence-electron chi connectivity index (χ0n) is 13.2. The zero-order valence-corrected chi connectivity index (χ0v) is 13.2. The van der Waals surface area contributed by atoms with Gasteiger partial charge in [-0.1, -0.05) is 24.3 Å². The van der Waals surface area contributed by atoms with E-state index in [2.05, 4.69) is 35.7 Å². The number of nitrogens with zero attached hydrogens (tertiary/aromatic N) is 1. The van der Waals surface area contributed by atoms with Crippen LogP contribution in [0.5, 0.6) is 0 Å². The molecule has 0 fully saturated rings. The van der Waals surface area contributed by atoms with Crippen molar-refractivity contribution in [3.63, 3.8) is 0 Å². The standard InChI is InChI=1S/C18H26N2O/c1-18(14-19,20-2)12-5-6-13-21-17-11-7-9-15-8-3-4-10-16(15)17/h3-4,8,10,17,20H,5-7,9,11-13H2,1-2H3. The van der Waals surface area contributed by atoms with Crippen molar-refractivity contribution in [2.75, 3.05) is 13.7 Å². The molecule has 0 saturated carbocycles. The van der Waals surface area contributed by atoms with E-state index in [-0.39, 0.29) is 6.10 Å². The molecule has 1 N–H and O–H groups in total. The van der Waals surface area contributed by atoms with Crippen LogP contribution in [-0.4, -0.2) is 19.2 Å². The molecule has 2 unspecified atom stereocenters. The Morgan fingerprint density at radius 1 is 1.38 bits per heavy atom. The molecule has 3 heteroatoms. The van der Waals surface area contributed by atoms with E-state index in [0.29, 0.717) is 0 Å². The van der Waals surface area contributed by atoms with Crippen LogP contribution >= 0.6 is 0 Å². The lowest BCUT2D eigenvalue weighted by Crippen LogP contribution is -2.37. The summed E-state index contributed by atoms with van der Waals surface area (Å²) in [6.07, 6.45) is 6.68. The van der Waals surface area contributed by atoms with Crippen molar-refractivity contribution in [2.45, 2.75) is 57.1 Å². The average Bonchev–Trinajstić information content (AvgIpc) is 2.54. The molecule has 1 aromatic rings. The molecule has 0 heterocycles. The summed E-state index contributed by atoms with van der Waals surface area (Å²) in [5, 5.41) is 12.2. The third-order valence-electron chi connectivity index (χ3n) is 4.50. The first-order valence-electron chi connectivity index (χ1n) is 7.98. The van der Waals surface area contributed by atoms with Crippen LogP contribution in [0.25, 0.3) is 0 Å². The molecule has 2 atom stereocenters. The summed E-state index contributed by atoms with van der Waals surface area (Å²) in [6, 6.07) is 11.0. The lowest BCUT2D eigenvalue weighted by atomic mass is 9.89. The second-order valence-electron chi connectivity index (χ2n) is 6.10. The van der Waals surface area contributed by atoms with Gasteiger partial charge in [-0.05, 0) is 63.6 Å². The third kappa shape index (κ3) is 4.30. The van der Waals surface area contributed by atoms with Gasteiger partial charge in [0, 0.05) is 6.61 Å². The highest BCUT2D eigenvalue weighted by Gasteiger charge is 2.21. The van der Waals surface area contributed by atoms with Gasteiger partial charge in [0.25, 0.3) is 0 Å². The highest BCUT2D eigenvalue weighted by Crippen LogP contribution is 2.32. The van der Waals surface area contributed by atoms with E-state index in [0.717, 1.165) is 32.3 Å². The van der Waals surface area contributed by atoms with Crippen molar-refractivity contribution in [3.8, 4) is 6.07 Å². The molecule has 0 radical (unpaired) electrons.